The van der Waals surface area contributed by atoms with E-state index in [2.05, 4.69) is 20.3 Å². The molecule has 0 amide bonds. The number of ether oxygens (including phenoxy) is 2. The van der Waals surface area contributed by atoms with Crippen molar-refractivity contribution >= 4 is 0 Å². The van der Waals surface area contributed by atoms with E-state index in [1.807, 2.05) is 19.1 Å². The lowest BCUT2D eigenvalue weighted by Crippen LogP contribution is -1.99. The van der Waals surface area contributed by atoms with E-state index in [4.69, 9.17) is 18.5 Å². The van der Waals surface area contributed by atoms with Crippen LogP contribution in [-0.2, 0) is 6.61 Å². The maximum absolute atomic E-state index is 14.1. The maximum atomic E-state index is 14.1. The first-order chi connectivity index (χ1) is 14.5. The molecular formula is C21H19FN4O4. The molecule has 0 unspecified atom stereocenters. The molecule has 4 aromatic rings. The molecule has 0 spiro atoms. The van der Waals surface area contributed by atoms with Crippen molar-refractivity contribution in [1.29, 1.82) is 0 Å². The van der Waals surface area contributed by atoms with Gasteiger partial charge in [-0.05, 0) is 56.7 Å². The summed E-state index contributed by atoms with van der Waals surface area (Å²) in [5, 5.41) is 7.72. The SMILES string of the molecule is CCOc1c(F)cccc1-c1nc(COc2cc(C)cc(-c3nc(C)no3)c2)no1. The third kappa shape index (κ3) is 4.14. The Morgan fingerprint density at radius 3 is 2.57 bits per heavy atom. The van der Waals surface area contributed by atoms with Crippen molar-refractivity contribution < 1.29 is 22.9 Å². The minimum absolute atomic E-state index is 0.0640. The lowest BCUT2D eigenvalue weighted by molar-refractivity contribution is 0.286. The standard InChI is InChI=1S/C21H19FN4O4/c1-4-27-19-16(6-5-7-17(19)22)21-24-18(26-30-21)11-28-15-9-12(2)8-14(10-15)20-23-13(3)25-29-20/h5-10H,4,11H2,1-3H3. The van der Waals surface area contributed by atoms with Gasteiger partial charge in [-0.1, -0.05) is 16.4 Å². The van der Waals surface area contributed by atoms with E-state index in [1.54, 1.807) is 32.0 Å². The minimum atomic E-state index is -0.492. The first-order valence-electron chi connectivity index (χ1n) is 9.33. The van der Waals surface area contributed by atoms with Gasteiger partial charge in [0.05, 0.1) is 12.2 Å². The summed E-state index contributed by atoms with van der Waals surface area (Å²) in [5.74, 6) is 1.61. The first kappa shape index (κ1) is 19.6. The smallest absolute Gasteiger partial charge is 0.261 e. The van der Waals surface area contributed by atoms with E-state index >= 15 is 0 Å². The zero-order valence-electron chi connectivity index (χ0n) is 16.7. The fourth-order valence-corrected chi connectivity index (χ4v) is 2.91. The summed E-state index contributed by atoms with van der Waals surface area (Å²) in [6.07, 6.45) is 0. The van der Waals surface area contributed by atoms with Crippen molar-refractivity contribution in [2.45, 2.75) is 27.4 Å². The minimum Gasteiger partial charge on any atom is -0.490 e. The van der Waals surface area contributed by atoms with Crippen LogP contribution in [0.5, 0.6) is 11.5 Å². The second kappa shape index (κ2) is 8.32. The van der Waals surface area contributed by atoms with Crippen molar-refractivity contribution in [3.63, 3.8) is 0 Å². The monoisotopic (exact) mass is 410 g/mol. The fraction of sp³-hybridized carbons (Fsp3) is 0.238. The molecule has 0 bridgehead atoms. The molecule has 0 fully saturated rings. The number of hydrogen-bond acceptors (Lipinski definition) is 8. The summed E-state index contributed by atoms with van der Waals surface area (Å²) in [6.45, 7) is 5.84. The van der Waals surface area contributed by atoms with Crippen LogP contribution in [0.15, 0.2) is 45.4 Å². The molecule has 0 atom stereocenters. The number of rotatable bonds is 7. The molecule has 0 saturated heterocycles. The van der Waals surface area contributed by atoms with Gasteiger partial charge in [-0.2, -0.15) is 9.97 Å². The molecule has 8 nitrogen and oxygen atoms in total. The first-order valence-corrected chi connectivity index (χ1v) is 9.33. The summed E-state index contributed by atoms with van der Waals surface area (Å²) < 4.78 is 35.7. The van der Waals surface area contributed by atoms with Crippen LogP contribution in [0.4, 0.5) is 4.39 Å². The van der Waals surface area contributed by atoms with Gasteiger partial charge in [-0.15, -0.1) is 0 Å². The van der Waals surface area contributed by atoms with Crippen molar-refractivity contribution in [3.8, 4) is 34.4 Å². The molecule has 9 heteroatoms. The highest BCUT2D eigenvalue weighted by atomic mass is 19.1. The molecule has 0 aliphatic rings. The summed E-state index contributed by atoms with van der Waals surface area (Å²) >= 11 is 0. The van der Waals surface area contributed by atoms with Gasteiger partial charge in [0.15, 0.2) is 24.0 Å². The highest BCUT2D eigenvalue weighted by molar-refractivity contribution is 5.63. The predicted octanol–water partition coefficient (Wildman–Crippen LogP) is 4.52. The lowest BCUT2D eigenvalue weighted by atomic mass is 10.1. The molecule has 154 valence electrons. The molecule has 2 aromatic heterocycles. The van der Waals surface area contributed by atoms with E-state index in [0.717, 1.165) is 11.1 Å². The van der Waals surface area contributed by atoms with Gasteiger partial charge in [0.1, 0.15) is 5.75 Å². The largest absolute Gasteiger partial charge is 0.490 e. The second-order valence-corrected chi connectivity index (χ2v) is 6.54. The van der Waals surface area contributed by atoms with Gasteiger partial charge in [0.25, 0.3) is 11.8 Å². The van der Waals surface area contributed by atoms with Crippen LogP contribution in [0, 0.1) is 19.7 Å². The number of para-hydroxylation sites is 1. The zero-order chi connectivity index (χ0) is 21.1. The number of halogens is 1. The van der Waals surface area contributed by atoms with Crippen molar-refractivity contribution in [1.82, 2.24) is 20.3 Å². The normalized spacial score (nSPS) is 10.9. The summed E-state index contributed by atoms with van der Waals surface area (Å²) in [5.41, 5.74) is 2.11. The zero-order valence-corrected chi connectivity index (χ0v) is 16.7. The average Bonchev–Trinajstić information content (AvgIpc) is 3.37. The topological polar surface area (TPSA) is 96.3 Å². The van der Waals surface area contributed by atoms with E-state index in [9.17, 15) is 4.39 Å². The average molecular weight is 410 g/mol. The third-order valence-corrected chi connectivity index (χ3v) is 4.15. The Morgan fingerprint density at radius 1 is 0.967 bits per heavy atom. The maximum Gasteiger partial charge on any atom is 0.261 e. The molecule has 0 saturated carbocycles. The summed E-state index contributed by atoms with van der Waals surface area (Å²) in [4.78, 5) is 8.53. The van der Waals surface area contributed by atoms with Gasteiger partial charge in [0.2, 0.25) is 5.82 Å². The van der Waals surface area contributed by atoms with E-state index in [0.29, 0.717) is 35.5 Å². The van der Waals surface area contributed by atoms with E-state index in [1.165, 1.54) is 6.07 Å². The Labute approximate surface area is 171 Å². The van der Waals surface area contributed by atoms with Crippen LogP contribution in [0.2, 0.25) is 0 Å². The van der Waals surface area contributed by atoms with E-state index < -0.39 is 5.82 Å². The molecular weight excluding hydrogens is 391 g/mol. The van der Waals surface area contributed by atoms with Gasteiger partial charge in [-0.25, -0.2) is 4.39 Å². The van der Waals surface area contributed by atoms with Crippen LogP contribution in [0.25, 0.3) is 22.9 Å². The Morgan fingerprint density at radius 2 is 1.80 bits per heavy atom. The quantitative estimate of drug-likeness (QED) is 0.439. The second-order valence-electron chi connectivity index (χ2n) is 6.54. The number of nitrogens with zero attached hydrogens (tertiary/aromatic N) is 4. The molecule has 2 heterocycles. The van der Waals surface area contributed by atoms with Gasteiger partial charge in [-0.3, -0.25) is 0 Å². The number of aromatic nitrogens is 4. The number of hydrogen-bond donors (Lipinski definition) is 0. The van der Waals surface area contributed by atoms with Crippen molar-refractivity contribution in [2.75, 3.05) is 6.61 Å². The van der Waals surface area contributed by atoms with Crippen molar-refractivity contribution in [3.05, 3.63) is 59.4 Å². The number of benzene rings is 2. The summed E-state index contributed by atoms with van der Waals surface area (Å²) in [7, 11) is 0. The fourth-order valence-electron chi connectivity index (χ4n) is 2.91. The third-order valence-electron chi connectivity index (χ3n) is 4.15. The van der Waals surface area contributed by atoms with Gasteiger partial charge >= 0.3 is 0 Å². The lowest BCUT2D eigenvalue weighted by Gasteiger charge is -2.07. The van der Waals surface area contributed by atoms with Crippen LogP contribution in [0.1, 0.15) is 24.1 Å². The highest BCUT2D eigenvalue weighted by Gasteiger charge is 2.18. The number of aryl methyl sites for hydroxylation is 2. The molecule has 0 aliphatic heterocycles. The van der Waals surface area contributed by atoms with Crippen LogP contribution < -0.4 is 9.47 Å². The van der Waals surface area contributed by atoms with Crippen LogP contribution in [-0.4, -0.2) is 26.9 Å². The van der Waals surface area contributed by atoms with Crippen LogP contribution in [0.3, 0.4) is 0 Å². The van der Waals surface area contributed by atoms with Gasteiger partial charge in [0, 0.05) is 5.56 Å². The van der Waals surface area contributed by atoms with Crippen molar-refractivity contribution in [2.24, 2.45) is 0 Å². The molecule has 0 N–H and O–H groups in total. The summed E-state index contributed by atoms with van der Waals surface area (Å²) in [6, 6.07) is 10.1. The van der Waals surface area contributed by atoms with E-state index in [-0.39, 0.29) is 18.2 Å². The Hall–Kier alpha value is -3.75. The van der Waals surface area contributed by atoms with Crippen LogP contribution >= 0.6 is 0 Å². The molecule has 4 rings (SSSR count). The Kier molecular flexibility index (Phi) is 5.42. The Balaban J connectivity index is 1.52. The highest BCUT2D eigenvalue weighted by Crippen LogP contribution is 2.31. The predicted molar refractivity (Wildman–Crippen MR) is 104 cm³/mol. The molecule has 2 aromatic carbocycles. The Bertz CT molecular complexity index is 1170. The molecule has 0 radical (unpaired) electrons. The van der Waals surface area contributed by atoms with Gasteiger partial charge < -0.3 is 18.5 Å². The molecule has 30 heavy (non-hydrogen) atoms. The molecule has 0 aliphatic carbocycles.